The monoisotopic (exact) mass is 255 g/mol. The van der Waals surface area contributed by atoms with Crippen LogP contribution in [-0.2, 0) is 0 Å². The van der Waals surface area contributed by atoms with Crippen molar-refractivity contribution in [2.75, 3.05) is 6.54 Å². The molecule has 18 heavy (non-hydrogen) atoms. The molecule has 0 saturated heterocycles. The Morgan fingerprint density at radius 3 is 2.78 bits per heavy atom. The summed E-state index contributed by atoms with van der Waals surface area (Å²) in [6.45, 7) is 2.12. The summed E-state index contributed by atoms with van der Waals surface area (Å²) < 4.78 is 13.5. The van der Waals surface area contributed by atoms with E-state index in [0.29, 0.717) is 13.0 Å². The number of nitrogens with two attached hydrogens (primary N) is 1. The fourth-order valence-electron chi connectivity index (χ4n) is 1.31. The summed E-state index contributed by atoms with van der Waals surface area (Å²) in [6, 6.07) is 2.84. The van der Waals surface area contributed by atoms with Gasteiger partial charge in [-0.1, -0.05) is 0 Å². The summed E-state index contributed by atoms with van der Waals surface area (Å²) >= 11 is 0. The van der Waals surface area contributed by atoms with Gasteiger partial charge < -0.3 is 11.1 Å². The normalized spacial score (nSPS) is 11.9. The standard InChI is InChI=1S/C11H14FN3O3/c1-7(13)4-5-14-11(16)9-3-2-8(15(17)18)6-10(9)12/h2-3,6-7H,4-5,13H2,1H3,(H,14,16). The molecule has 0 aromatic heterocycles. The van der Waals surface area contributed by atoms with Crippen LogP contribution in [0.3, 0.4) is 0 Å². The van der Waals surface area contributed by atoms with E-state index >= 15 is 0 Å². The van der Waals surface area contributed by atoms with Crippen molar-refractivity contribution in [2.45, 2.75) is 19.4 Å². The highest BCUT2D eigenvalue weighted by molar-refractivity contribution is 5.94. The Labute approximate surface area is 103 Å². The van der Waals surface area contributed by atoms with Crippen LogP contribution in [0, 0.1) is 15.9 Å². The van der Waals surface area contributed by atoms with Gasteiger partial charge in [0.25, 0.3) is 11.6 Å². The Bertz CT molecular complexity index is 463. The van der Waals surface area contributed by atoms with Gasteiger partial charge in [0.1, 0.15) is 5.82 Å². The highest BCUT2D eigenvalue weighted by Crippen LogP contribution is 2.16. The molecule has 0 spiro atoms. The van der Waals surface area contributed by atoms with Gasteiger partial charge in [-0.25, -0.2) is 4.39 Å². The molecule has 0 radical (unpaired) electrons. The molecule has 0 heterocycles. The molecule has 0 bridgehead atoms. The van der Waals surface area contributed by atoms with Crippen LogP contribution in [-0.4, -0.2) is 23.4 Å². The first-order valence-electron chi connectivity index (χ1n) is 5.39. The lowest BCUT2D eigenvalue weighted by molar-refractivity contribution is -0.385. The predicted molar refractivity (Wildman–Crippen MR) is 63.7 cm³/mol. The van der Waals surface area contributed by atoms with Crippen LogP contribution < -0.4 is 11.1 Å². The van der Waals surface area contributed by atoms with Gasteiger partial charge >= 0.3 is 0 Å². The van der Waals surface area contributed by atoms with Crippen LogP contribution in [0.1, 0.15) is 23.7 Å². The van der Waals surface area contributed by atoms with E-state index < -0.39 is 16.6 Å². The number of hydrogen-bond acceptors (Lipinski definition) is 4. The highest BCUT2D eigenvalue weighted by atomic mass is 19.1. The van der Waals surface area contributed by atoms with Crippen LogP contribution in [0.15, 0.2) is 18.2 Å². The van der Waals surface area contributed by atoms with Crippen molar-refractivity contribution in [3.8, 4) is 0 Å². The molecular formula is C11H14FN3O3. The second kappa shape index (κ2) is 6.06. The van der Waals surface area contributed by atoms with E-state index in [9.17, 15) is 19.3 Å². The van der Waals surface area contributed by atoms with E-state index in [0.717, 1.165) is 18.2 Å². The predicted octanol–water partition coefficient (Wildman–Crippen LogP) is 1.20. The molecule has 1 rings (SSSR count). The first-order chi connectivity index (χ1) is 8.41. The van der Waals surface area contributed by atoms with Crippen molar-refractivity contribution >= 4 is 11.6 Å². The molecule has 1 amide bonds. The number of carbonyl (C=O) groups excluding carboxylic acids is 1. The zero-order chi connectivity index (χ0) is 13.7. The molecule has 0 saturated carbocycles. The molecule has 0 aliphatic rings. The lowest BCUT2D eigenvalue weighted by Gasteiger charge is -2.07. The highest BCUT2D eigenvalue weighted by Gasteiger charge is 2.15. The third-order valence-corrected chi connectivity index (χ3v) is 2.29. The first-order valence-corrected chi connectivity index (χ1v) is 5.39. The third-order valence-electron chi connectivity index (χ3n) is 2.29. The van der Waals surface area contributed by atoms with Crippen molar-refractivity contribution < 1.29 is 14.1 Å². The third kappa shape index (κ3) is 3.77. The number of carbonyl (C=O) groups is 1. The Kier molecular flexibility index (Phi) is 4.73. The molecule has 0 fully saturated rings. The molecule has 1 aromatic carbocycles. The van der Waals surface area contributed by atoms with Gasteiger partial charge in [0, 0.05) is 18.7 Å². The molecule has 0 aliphatic carbocycles. The van der Waals surface area contributed by atoms with E-state index in [1.807, 2.05) is 0 Å². The largest absolute Gasteiger partial charge is 0.352 e. The molecule has 3 N–H and O–H groups in total. The zero-order valence-electron chi connectivity index (χ0n) is 9.85. The van der Waals surface area contributed by atoms with Gasteiger partial charge in [-0.15, -0.1) is 0 Å². The summed E-state index contributed by atoms with van der Waals surface area (Å²) in [5, 5.41) is 12.9. The van der Waals surface area contributed by atoms with Crippen LogP contribution in [0.25, 0.3) is 0 Å². The maximum Gasteiger partial charge on any atom is 0.272 e. The molecule has 1 aromatic rings. The zero-order valence-corrected chi connectivity index (χ0v) is 9.85. The van der Waals surface area contributed by atoms with Gasteiger partial charge in [0.2, 0.25) is 0 Å². The molecular weight excluding hydrogens is 241 g/mol. The van der Waals surface area contributed by atoms with Crippen molar-refractivity contribution in [1.82, 2.24) is 5.32 Å². The van der Waals surface area contributed by atoms with Gasteiger partial charge in [-0.2, -0.15) is 0 Å². The van der Waals surface area contributed by atoms with Crippen molar-refractivity contribution in [3.05, 3.63) is 39.7 Å². The molecule has 0 aliphatic heterocycles. The first kappa shape index (κ1) is 14.0. The van der Waals surface area contributed by atoms with Gasteiger partial charge in [0.05, 0.1) is 16.6 Å². The van der Waals surface area contributed by atoms with Gasteiger partial charge in [-0.3, -0.25) is 14.9 Å². The van der Waals surface area contributed by atoms with Gasteiger partial charge in [0.15, 0.2) is 0 Å². The second-order valence-electron chi connectivity index (χ2n) is 3.94. The molecule has 1 unspecified atom stereocenters. The summed E-state index contributed by atoms with van der Waals surface area (Å²) in [4.78, 5) is 21.3. The maximum atomic E-state index is 13.5. The van der Waals surface area contributed by atoms with E-state index in [1.54, 1.807) is 6.92 Å². The minimum Gasteiger partial charge on any atom is -0.352 e. The molecule has 1 atom stereocenters. The number of benzene rings is 1. The fourth-order valence-corrected chi connectivity index (χ4v) is 1.31. The maximum absolute atomic E-state index is 13.5. The summed E-state index contributed by atoms with van der Waals surface area (Å²) in [6.07, 6.45) is 0.570. The number of nitrogens with zero attached hydrogens (tertiary/aromatic N) is 1. The van der Waals surface area contributed by atoms with Crippen LogP contribution >= 0.6 is 0 Å². The van der Waals surface area contributed by atoms with Crippen molar-refractivity contribution in [3.63, 3.8) is 0 Å². The minimum absolute atomic E-state index is 0.0630. The summed E-state index contributed by atoms with van der Waals surface area (Å²) in [5.41, 5.74) is 4.89. The smallest absolute Gasteiger partial charge is 0.272 e. The average molecular weight is 255 g/mol. The average Bonchev–Trinajstić information content (AvgIpc) is 2.27. The Morgan fingerprint density at radius 2 is 2.28 bits per heavy atom. The molecule has 7 heteroatoms. The Hall–Kier alpha value is -2.02. The number of rotatable bonds is 5. The number of nitro benzene ring substituents is 1. The number of non-ortho nitro benzene ring substituents is 1. The lowest BCUT2D eigenvalue weighted by Crippen LogP contribution is -2.29. The number of nitro groups is 1. The topological polar surface area (TPSA) is 98.3 Å². The van der Waals surface area contributed by atoms with E-state index in [2.05, 4.69) is 5.32 Å². The number of halogens is 1. The molecule has 98 valence electrons. The number of nitrogens with one attached hydrogen (secondary N) is 1. The van der Waals surface area contributed by atoms with E-state index in [4.69, 9.17) is 5.73 Å². The van der Waals surface area contributed by atoms with E-state index in [1.165, 1.54) is 0 Å². The Balaban J connectivity index is 2.72. The SMILES string of the molecule is CC(N)CCNC(=O)c1ccc([N+](=O)[O-])cc1F. The quantitative estimate of drug-likeness (QED) is 0.610. The lowest BCUT2D eigenvalue weighted by atomic mass is 10.1. The van der Waals surface area contributed by atoms with Crippen LogP contribution in [0.5, 0.6) is 0 Å². The Morgan fingerprint density at radius 1 is 1.61 bits per heavy atom. The van der Waals surface area contributed by atoms with E-state index in [-0.39, 0.29) is 17.3 Å². The van der Waals surface area contributed by atoms with Crippen molar-refractivity contribution in [1.29, 1.82) is 0 Å². The van der Waals surface area contributed by atoms with Crippen molar-refractivity contribution in [2.24, 2.45) is 5.73 Å². The summed E-state index contributed by atoms with van der Waals surface area (Å²) in [7, 11) is 0. The number of hydrogen-bond donors (Lipinski definition) is 2. The van der Waals surface area contributed by atoms with Gasteiger partial charge in [-0.05, 0) is 19.4 Å². The summed E-state index contributed by atoms with van der Waals surface area (Å²) in [5.74, 6) is -1.52. The van der Waals surface area contributed by atoms with Crippen LogP contribution in [0.2, 0.25) is 0 Å². The molecule has 6 nitrogen and oxygen atoms in total. The minimum atomic E-state index is -0.914. The number of amides is 1. The fraction of sp³-hybridized carbons (Fsp3) is 0.364. The van der Waals surface area contributed by atoms with Crippen LogP contribution in [0.4, 0.5) is 10.1 Å². The second-order valence-corrected chi connectivity index (χ2v) is 3.94.